The number of nitrogens with zero attached hydrogens (tertiary/aromatic N) is 2. The van der Waals surface area contributed by atoms with E-state index in [0.29, 0.717) is 0 Å². The quantitative estimate of drug-likeness (QED) is 0.365. The fourth-order valence-corrected chi connectivity index (χ4v) is 0.152. The first-order valence-corrected chi connectivity index (χ1v) is 2.02. The van der Waals surface area contributed by atoms with Gasteiger partial charge in [0.15, 0.2) is 0 Å². The number of hydrogen-bond acceptors (Lipinski definition) is 1. The molecule has 0 aromatic rings. The lowest BCUT2D eigenvalue weighted by Gasteiger charge is -1.67. The summed E-state index contributed by atoms with van der Waals surface area (Å²) >= 11 is 0. The van der Waals surface area contributed by atoms with Crippen LogP contribution in [-0.2, 0) is 0 Å². The Bertz CT molecular complexity index is 92.3. The van der Waals surface area contributed by atoms with Gasteiger partial charge in [-0.15, -0.1) is 0 Å². The average molecular weight is 96.1 g/mol. The fourth-order valence-electron chi connectivity index (χ4n) is 0.152. The van der Waals surface area contributed by atoms with Crippen LogP contribution in [0.5, 0.6) is 0 Å². The Morgan fingerprint density at radius 3 is 2.57 bits per heavy atom. The van der Waals surface area contributed by atoms with Gasteiger partial charge in [-0.2, -0.15) is 0 Å². The summed E-state index contributed by atoms with van der Waals surface area (Å²) in [5.74, 6) is 0. The van der Waals surface area contributed by atoms with E-state index < -0.39 is 0 Å². The molecule has 0 atom stereocenters. The van der Waals surface area contributed by atoms with Crippen molar-refractivity contribution < 1.29 is 0 Å². The standard InChI is InChI=1S/C5H8N2/c1-3-6-5-7-4-2/h3-5H,1H2,2H3. The lowest BCUT2D eigenvalue weighted by molar-refractivity contribution is 1.57. The summed E-state index contributed by atoms with van der Waals surface area (Å²) in [5, 5.41) is 0. The van der Waals surface area contributed by atoms with Crippen molar-refractivity contribution in [1.29, 1.82) is 0 Å². The zero-order valence-electron chi connectivity index (χ0n) is 4.33. The molecule has 0 unspecified atom stereocenters. The van der Waals surface area contributed by atoms with Crippen LogP contribution in [-0.4, -0.2) is 12.6 Å². The molecule has 0 saturated heterocycles. The molecule has 0 aliphatic rings. The summed E-state index contributed by atoms with van der Waals surface area (Å²) in [6.45, 7) is 5.19. The molecule has 2 nitrogen and oxygen atoms in total. The Morgan fingerprint density at radius 1 is 1.43 bits per heavy atom. The third-order valence-electron chi connectivity index (χ3n) is 0.388. The first kappa shape index (κ1) is 6.08. The number of rotatable bonds is 2. The lowest BCUT2D eigenvalue weighted by atomic mass is 10.9. The van der Waals surface area contributed by atoms with Crippen LogP contribution in [0.15, 0.2) is 22.8 Å². The SMILES string of the molecule is C=CN=CN=CC. The van der Waals surface area contributed by atoms with Crippen LogP contribution >= 0.6 is 0 Å². The van der Waals surface area contributed by atoms with Crippen molar-refractivity contribution in [2.24, 2.45) is 9.98 Å². The zero-order valence-corrected chi connectivity index (χ0v) is 4.33. The van der Waals surface area contributed by atoms with Crippen molar-refractivity contribution in [2.45, 2.75) is 6.92 Å². The van der Waals surface area contributed by atoms with Crippen molar-refractivity contribution in [3.05, 3.63) is 12.8 Å². The van der Waals surface area contributed by atoms with E-state index in [2.05, 4.69) is 16.6 Å². The highest BCUT2D eigenvalue weighted by Gasteiger charge is 1.52. The molecule has 0 radical (unpaired) electrons. The summed E-state index contributed by atoms with van der Waals surface area (Å²) in [5.41, 5.74) is 0. The van der Waals surface area contributed by atoms with Crippen LogP contribution in [0.4, 0.5) is 0 Å². The van der Waals surface area contributed by atoms with E-state index >= 15 is 0 Å². The largest absolute Gasteiger partial charge is 0.250 e. The summed E-state index contributed by atoms with van der Waals surface area (Å²) in [7, 11) is 0. The predicted octanol–water partition coefficient (Wildman–Crippen LogP) is 1.25. The van der Waals surface area contributed by atoms with Crippen molar-refractivity contribution in [3.63, 3.8) is 0 Å². The van der Waals surface area contributed by atoms with Gasteiger partial charge < -0.3 is 0 Å². The van der Waals surface area contributed by atoms with E-state index in [1.807, 2.05) is 6.92 Å². The highest BCUT2D eigenvalue weighted by Crippen LogP contribution is 1.62. The Kier molecular flexibility index (Phi) is 4.41. The zero-order chi connectivity index (χ0) is 5.54. The van der Waals surface area contributed by atoms with Crippen LogP contribution in [0.2, 0.25) is 0 Å². The van der Waals surface area contributed by atoms with Gasteiger partial charge >= 0.3 is 0 Å². The minimum Gasteiger partial charge on any atom is -0.250 e. The predicted molar refractivity (Wildman–Crippen MR) is 32.9 cm³/mol. The molecule has 0 saturated carbocycles. The summed E-state index contributed by atoms with van der Waals surface area (Å²) < 4.78 is 0. The molecule has 0 bridgehead atoms. The molecular weight excluding hydrogens is 88.1 g/mol. The fraction of sp³-hybridized carbons (Fsp3) is 0.200. The van der Waals surface area contributed by atoms with Crippen LogP contribution < -0.4 is 0 Å². The van der Waals surface area contributed by atoms with Gasteiger partial charge in [-0.3, -0.25) is 0 Å². The normalized spacial score (nSPS) is 11.0. The maximum absolute atomic E-state index is 3.67. The minimum absolute atomic E-state index is 1.44. The van der Waals surface area contributed by atoms with E-state index in [4.69, 9.17) is 0 Å². The maximum Gasteiger partial charge on any atom is 0.114 e. The molecule has 0 aliphatic carbocycles. The highest BCUT2D eigenvalue weighted by atomic mass is 14.8. The molecule has 0 aromatic carbocycles. The minimum atomic E-state index is 1.44. The average Bonchev–Trinajstić information content (AvgIpc) is 1.69. The van der Waals surface area contributed by atoms with Gasteiger partial charge in [-0.1, -0.05) is 6.58 Å². The Balaban J connectivity index is 3.27. The molecule has 0 amide bonds. The van der Waals surface area contributed by atoms with Crippen LogP contribution in [0.3, 0.4) is 0 Å². The Labute approximate surface area is 43.3 Å². The molecule has 0 fully saturated rings. The van der Waals surface area contributed by atoms with E-state index in [9.17, 15) is 0 Å². The molecule has 0 spiro atoms. The lowest BCUT2D eigenvalue weighted by Crippen LogP contribution is -1.61. The van der Waals surface area contributed by atoms with Gasteiger partial charge in [0.1, 0.15) is 6.34 Å². The first-order chi connectivity index (χ1) is 3.41. The second-order valence-electron chi connectivity index (χ2n) is 0.854. The molecule has 0 aliphatic heterocycles. The second kappa shape index (κ2) is 5.08. The number of hydrogen-bond donors (Lipinski definition) is 0. The molecule has 0 N–H and O–H groups in total. The molecule has 0 aromatic heterocycles. The molecule has 2 heteroatoms. The van der Waals surface area contributed by atoms with E-state index in [1.165, 1.54) is 12.5 Å². The van der Waals surface area contributed by atoms with Gasteiger partial charge in [-0.05, 0) is 6.92 Å². The van der Waals surface area contributed by atoms with Crippen molar-refractivity contribution in [2.75, 3.05) is 0 Å². The van der Waals surface area contributed by atoms with Gasteiger partial charge in [0.25, 0.3) is 0 Å². The van der Waals surface area contributed by atoms with E-state index in [0.717, 1.165) is 0 Å². The van der Waals surface area contributed by atoms with Gasteiger partial charge in [-0.25, -0.2) is 9.98 Å². The first-order valence-electron chi connectivity index (χ1n) is 2.02. The smallest absolute Gasteiger partial charge is 0.114 e. The second-order valence-corrected chi connectivity index (χ2v) is 0.854. The van der Waals surface area contributed by atoms with Gasteiger partial charge in [0.05, 0.1) is 0 Å². The van der Waals surface area contributed by atoms with E-state index in [1.54, 1.807) is 6.21 Å². The summed E-state index contributed by atoms with van der Waals surface area (Å²) in [4.78, 5) is 7.28. The molecule has 0 rings (SSSR count). The van der Waals surface area contributed by atoms with Crippen molar-refractivity contribution >= 4 is 12.6 Å². The highest BCUT2D eigenvalue weighted by molar-refractivity contribution is 5.70. The summed E-state index contributed by atoms with van der Waals surface area (Å²) in [6.07, 6.45) is 4.53. The van der Waals surface area contributed by atoms with Crippen LogP contribution in [0.25, 0.3) is 0 Å². The topological polar surface area (TPSA) is 24.7 Å². The maximum atomic E-state index is 3.67. The molecule has 7 heavy (non-hydrogen) atoms. The Morgan fingerprint density at radius 2 is 2.14 bits per heavy atom. The van der Waals surface area contributed by atoms with Gasteiger partial charge in [0.2, 0.25) is 0 Å². The number of aliphatic imine (C=N–C) groups is 2. The van der Waals surface area contributed by atoms with E-state index in [-0.39, 0.29) is 0 Å². The summed E-state index contributed by atoms with van der Waals surface area (Å²) in [6, 6.07) is 0. The third-order valence-corrected chi connectivity index (χ3v) is 0.388. The molecular formula is C5H8N2. The van der Waals surface area contributed by atoms with Crippen LogP contribution in [0, 0.1) is 0 Å². The molecule has 0 heterocycles. The monoisotopic (exact) mass is 96.1 g/mol. The third kappa shape index (κ3) is 5.08. The molecule has 38 valence electrons. The van der Waals surface area contributed by atoms with Gasteiger partial charge in [0, 0.05) is 12.4 Å². The Hall–Kier alpha value is -0.920. The van der Waals surface area contributed by atoms with Crippen molar-refractivity contribution in [3.8, 4) is 0 Å². The van der Waals surface area contributed by atoms with Crippen LogP contribution in [0.1, 0.15) is 6.92 Å². The van der Waals surface area contributed by atoms with Crippen molar-refractivity contribution in [1.82, 2.24) is 0 Å².